The smallest absolute Gasteiger partial charge is 0.116 e. The Bertz CT molecular complexity index is 632. The highest BCUT2D eigenvalue weighted by Crippen LogP contribution is 2.37. The molecule has 0 amide bonds. The molecule has 0 N–H and O–H groups in total. The van der Waals surface area contributed by atoms with Crippen LogP contribution in [0.2, 0.25) is 0 Å². The summed E-state index contributed by atoms with van der Waals surface area (Å²) in [5.74, 6) is 0. The van der Waals surface area contributed by atoms with Gasteiger partial charge in [-0.05, 0) is 39.5 Å². The first-order valence-corrected chi connectivity index (χ1v) is 7.43. The van der Waals surface area contributed by atoms with E-state index >= 15 is 0 Å². The molecule has 5 heteroatoms. The summed E-state index contributed by atoms with van der Waals surface area (Å²) in [5.41, 5.74) is 0.952. The standard InChI is InChI=1S/C12H7BrN2S2/c13-8-6-14-7-15-12(8)11-4-3-10(17-11)9-2-1-5-16-9/h1-7H. The topological polar surface area (TPSA) is 25.8 Å². The minimum Gasteiger partial charge on any atom is -0.244 e. The third kappa shape index (κ3) is 2.18. The van der Waals surface area contributed by atoms with Crippen LogP contribution in [-0.2, 0) is 0 Å². The molecular weight excluding hydrogens is 316 g/mol. The fraction of sp³-hybridized carbons (Fsp3) is 0. The molecule has 3 aromatic rings. The van der Waals surface area contributed by atoms with Crippen molar-refractivity contribution in [3.05, 3.63) is 46.6 Å². The molecule has 3 aromatic heterocycles. The van der Waals surface area contributed by atoms with Crippen molar-refractivity contribution in [1.29, 1.82) is 0 Å². The largest absolute Gasteiger partial charge is 0.244 e. The van der Waals surface area contributed by atoms with E-state index in [0.29, 0.717) is 0 Å². The zero-order valence-corrected chi connectivity index (χ0v) is 11.8. The van der Waals surface area contributed by atoms with Crippen LogP contribution in [0.1, 0.15) is 0 Å². The Hall–Kier alpha value is -1.04. The summed E-state index contributed by atoms with van der Waals surface area (Å²) >= 11 is 6.98. The Balaban J connectivity index is 2.04. The highest BCUT2D eigenvalue weighted by atomic mass is 79.9. The molecule has 3 heterocycles. The van der Waals surface area contributed by atoms with Crippen LogP contribution < -0.4 is 0 Å². The number of halogens is 1. The lowest BCUT2D eigenvalue weighted by atomic mass is 10.3. The van der Waals surface area contributed by atoms with Crippen LogP contribution in [0.25, 0.3) is 20.3 Å². The van der Waals surface area contributed by atoms with Gasteiger partial charge in [-0.2, -0.15) is 0 Å². The number of aromatic nitrogens is 2. The predicted octanol–water partition coefficient (Wildman–Crippen LogP) is 4.70. The van der Waals surface area contributed by atoms with Crippen LogP contribution >= 0.6 is 38.6 Å². The zero-order chi connectivity index (χ0) is 11.7. The minimum atomic E-state index is 0.930. The van der Waals surface area contributed by atoms with Crippen LogP contribution in [0.5, 0.6) is 0 Å². The molecule has 0 radical (unpaired) electrons. The Kier molecular flexibility index (Phi) is 3.05. The molecule has 0 spiro atoms. The van der Waals surface area contributed by atoms with E-state index in [1.807, 2.05) is 0 Å². The average Bonchev–Trinajstić information content (AvgIpc) is 3.00. The molecule has 0 saturated carbocycles. The van der Waals surface area contributed by atoms with Gasteiger partial charge in [0.15, 0.2) is 0 Å². The molecule has 84 valence electrons. The maximum Gasteiger partial charge on any atom is 0.116 e. The molecule has 0 atom stereocenters. The van der Waals surface area contributed by atoms with E-state index in [1.54, 1.807) is 35.2 Å². The van der Waals surface area contributed by atoms with Crippen molar-refractivity contribution in [2.24, 2.45) is 0 Å². The van der Waals surface area contributed by atoms with Crippen LogP contribution in [-0.4, -0.2) is 9.97 Å². The van der Waals surface area contributed by atoms with E-state index in [4.69, 9.17) is 0 Å². The number of nitrogens with zero attached hydrogens (tertiary/aromatic N) is 2. The monoisotopic (exact) mass is 322 g/mol. The molecule has 0 aliphatic carbocycles. The lowest BCUT2D eigenvalue weighted by molar-refractivity contribution is 1.16. The Labute approximate surface area is 115 Å². The highest BCUT2D eigenvalue weighted by Gasteiger charge is 2.09. The molecule has 17 heavy (non-hydrogen) atoms. The number of hydrogen-bond acceptors (Lipinski definition) is 4. The first-order chi connectivity index (χ1) is 8.34. The van der Waals surface area contributed by atoms with Gasteiger partial charge in [-0.15, -0.1) is 22.7 Å². The summed E-state index contributed by atoms with van der Waals surface area (Å²) in [6.07, 6.45) is 3.34. The van der Waals surface area contributed by atoms with E-state index < -0.39 is 0 Å². The second kappa shape index (κ2) is 4.68. The number of thiophene rings is 2. The van der Waals surface area contributed by atoms with E-state index in [2.05, 4.69) is 55.5 Å². The first kappa shape index (κ1) is 11.1. The summed E-state index contributed by atoms with van der Waals surface area (Å²) < 4.78 is 0.930. The lowest BCUT2D eigenvalue weighted by Crippen LogP contribution is -1.82. The summed E-state index contributed by atoms with van der Waals surface area (Å²) in [7, 11) is 0. The molecule has 0 bridgehead atoms. The molecule has 0 aliphatic heterocycles. The second-order valence-electron chi connectivity index (χ2n) is 3.36. The van der Waals surface area contributed by atoms with E-state index in [0.717, 1.165) is 15.0 Å². The molecule has 0 unspecified atom stereocenters. The van der Waals surface area contributed by atoms with Gasteiger partial charge < -0.3 is 0 Å². The van der Waals surface area contributed by atoms with Gasteiger partial charge in [0, 0.05) is 16.0 Å². The second-order valence-corrected chi connectivity index (χ2v) is 6.25. The van der Waals surface area contributed by atoms with Crippen LogP contribution in [0, 0.1) is 0 Å². The van der Waals surface area contributed by atoms with Gasteiger partial charge in [-0.25, -0.2) is 9.97 Å². The highest BCUT2D eigenvalue weighted by molar-refractivity contribution is 9.10. The molecule has 3 rings (SSSR count). The molecule has 0 fully saturated rings. The van der Waals surface area contributed by atoms with E-state index in [1.165, 1.54) is 9.75 Å². The molecule has 2 nitrogen and oxygen atoms in total. The number of hydrogen-bond donors (Lipinski definition) is 0. The van der Waals surface area contributed by atoms with Crippen molar-refractivity contribution in [2.75, 3.05) is 0 Å². The first-order valence-electron chi connectivity index (χ1n) is 4.94. The molecular formula is C12H7BrN2S2. The third-order valence-corrected chi connectivity index (χ3v) is 5.01. The van der Waals surface area contributed by atoms with Crippen molar-refractivity contribution in [3.63, 3.8) is 0 Å². The van der Waals surface area contributed by atoms with Crippen LogP contribution in [0.15, 0.2) is 46.6 Å². The molecule has 0 saturated heterocycles. The Morgan fingerprint density at radius 1 is 1.06 bits per heavy atom. The maximum absolute atomic E-state index is 4.30. The minimum absolute atomic E-state index is 0.930. The van der Waals surface area contributed by atoms with Crippen LogP contribution in [0.4, 0.5) is 0 Å². The lowest BCUT2D eigenvalue weighted by Gasteiger charge is -1.97. The Morgan fingerprint density at radius 3 is 2.71 bits per heavy atom. The van der Waals surface area contributed by atoms with Gasteiger partial charge in [0.1, 0.15) is 6.33 Å². The van der Waals surface area contributed by atoms with Gasteiger partial charge in [0.25, 0.3) is 0 Å². The van der Waals surface area contributed by atoms with Crippen molar-refractivity contribution in [1.82, 2.24) is 9.97 Å². The van der Waals surface area contributed by atoms with Crippen molar-refractivity contribution < 1.29 is 0 Å². The SMILES string of the molecule is Brc1cncnc1-c1ccc(-c2cccs2)s1. The molecule has 0 aromatic carbocycles. The Morgan fingerprint density at radius 2 is 1.94 bits per heavy atom. The normalized spacial score (nSPS) is 10.6. The summed E-state index contributed by atoms with van der Waals surface area (Å²) in [6, 6.07) is 8.45. The van der Waals surface area contributed by atoms with Gasteiger partial charge in [-0.3, -0.25) is 0 Å². The van der Waals surface area contributed by atoms with Gasteiger partial charge >= 0.3 is 0 Å². The van der Waals surface area contributed by atoms with Crippen LogP contribution in [0.3, 0.4) is 0 Å². The molecule has 0 aliphatic rings. The zero-order valence-electron chi connectivity index (χ0n) is 8.63. The van der Waals surface area contributed by atoms with Gasteiger partial charge in [0.2, 0.25) is 0 Å². The summed E-state index contributed by atoms with van der Waals surface area (Å²) in [5, 5.41) is 2.09. The fourth-order valence-electron chi connectivity index (χ4n) is 1.51. The van der Waals surface area contributed by atoms with Gasteiger partial charge in [0.05, 0.1) is 15.0 Å². The van der Waals surface area contributed by atoms with Gasteiger partial charge in [-0.1, -0.05) is 6.07 Å². The van der Waals surface area contributed by atoms with E-state index in [9.17, 15) is 0 Å². The van der Waals surface area contributed by atoms with Crippen molar-refractivity contribution in [2.45, 2.75) is 0 Å². The number of rotatable bonds is 2. The predicted molar refractivity (Wildman–Crippen MR) is 76.4 cm³/mol. The van der Waals surface area contributed by atoms with E-state index in [-0.39, 0.29) is 0 Å². The van der Waals surface area contributed by atoms with Crippen molar-refractivity contribution in [3.8, 4) is 20.3 Å². The average molecular weight is 323 g/mol. The maximum atomic E-state index is 4.30. The fourth-order valence-corrected chi connectivity index (χ4v) is 3.93. The quantitative estimate of drug-likeness (QED) is 0.683. The summed E-state index contributed by atoms with van der Waals surface area (Å²) in [4.78, 5) is 12.0. The third-order valence-electron chi connectivity index (χ3n) is 2.27. The summed E-state index contributed by atoms with van der Waals surface area (Å²) in [6.45, 7) is 0. The van der Waals surface area contributed by atoms with Crippen molar-refractivity contribution >= 4 is 38.6 Å².